The van der Waals surface area contributed by atoms with Gasteiger partial charge in [0.15, 0.2) is 0 Å². The maximum absolute atomic E-state index is 12.4. The van der Waals surface area contributed by atoms with Crippen LogP contribution in [-0.4, -0.2) is 28.3 Å². The monoisotopic (exact) mass is 355 g/mol. The Bertz CT molecular complexity index is 717. The third-order valence-electron chi connectivity index (χ3n) is 3.18. The van der Waals surface area contributed by atoms with E-state index in [2.05, 4.69) is 0 Å². The zero-order chi connectivity index (χ0) is 16.3. The third-order valence-corrected chi connectivity index (χ3v) is 4.86. The van der Waals surface area contributed by atoms with Crippen LogP contribution in [0.15, 0.2) is 47.4 Å². The van der Waals surface area contributed by atoms with Gasteiger partial charge < -0.3 is 4.90 Å². The number of carbonyl (C=O) groups is 1. The molecule has 3 nitrogen and oxygen atoms in total. The highest BCUT2D eigenvalue weighted by Gasteiger charge is 2.13. The fraction of sp³-hybridized carbons (Fsp3) is 0.188. The predicted octanol–water partition coefficient (Wildman–Crippen LogP) is 4.00. The van der Waals surface area contributed by atoms with Crippen molar-refractivity contribution in [1.29, 1.82) is 0 Å². The Morgan fingerprint density at radius 3 is 2.27 bits per heavy atom. The highest BCUT2D eigenvalue weighted by atomic mass is 35.5. The second kappa shape index (κ2) is 7.27. The summed E-state index contributed by atoms with van der Waals surface area (Å²) < 4.78 is 11.4. The van der Waals surface area contributed by atoms with Crippen LogP contribution < -0.4 is 0 Å². The van der Waals surface area contributed by atoms with E-state index in [0.717, 1.165) is 5.56 Å². The first-order valence-electron chi connectivity index (χ1n) is 6.51. The summed E-state index contributed by atoms with van der Waals surface area (Å²) in [5.41, 5.74) is 1.45. The minimum Gasteiger partial charge on any atom is -0.337 e. The van der Waals surface area contributed by atoms with Crippen LogP contribution in [0.1, 0.15) is 15.9 Å². The van der Waals surface area contributed by atoms with Gasteiger partial charge in [0.1, 0.15) is 0 Å². The van der Waals surface area contributed by atoms with Crippen molar-refractivity contribution in [2.75, 3.05) is 13.3 Å². The van der Waals surface area contributed by atoms with Crippen LogP contribution in [0.5, 0.6) is 0 Å². The molecule has 0 aliphatic carbocycles. The van der Waals surface area contributed by atoms with Gasteiger partial charge in [-0.2, -0.15) is 0 Å². The number of nitrogens with zero attached hydrogens (tertiary/aromatic N) is 1. The van der Waals surface area contributed by atoms with Gasteiger partial charge in [0.25, 0.3) is 5.91 Å². The number of hydrogen-bond donors (Lipinski definition) is 0. The van der Waals surface area contributed by atoms with Crippen molar-refractivity contribution < 1.29 is 9.00 Å². The van der Waals surface area contributed by atoms with E-state index in [4.69, 9.17) is 23.2 Å². The fourth-order valence-corrected chi connectivity index (χ4v) is 2.83. The quantitative estimate of drug-likeness (QED) is 0.830. The predicted molar refractivity (Wildman–Crippen MR) is 91.0 cm³/mol. The molecule has 2 aromatic carbocycles. The van der Waals surface area contributed by atoms with Crippen LogP contribution in [0.2, 0.25) is 10.0 Å². The van der Waals surface area contributed by atoms with E-state index in [9.17, 15) is 9.00 Å². The molecule has 0 aliphatic rings. The van der Waals surface area contributed by atoms with E-state index < -0.39 is 10.8 Å². The van der Waals surface area contributed by atoms with E-state index in [0.29, 0.717) is 27.0 Å². The number of halogens is 2. The van der Waals surface area contributed by atoms with Crippen molar-refractivity contribution in [3.63, 3.8) is 0 Å². The molecular formula is C16H15Cl2NO2S. The van der Waals surface area contributed by atoms with Gasteiger partial charge in [0.2, 0.25) is 0 Å². The topological polar surface area (TPSA) is 37.4 Å². The lowest BCUT2D eigenvalue weighted by atomic mass is 10.1. The van der Waals surface area contributed by atoms with Crippen molar-refractivity contribution >= 4 is 39.9 Å². The van der Waals surface area contributed by atoms with Crippen LogP contribution in [0.4, 0.5) is 0 Å². The summed E-state index contributed by atoms with van der Waals surface area (Å²) in [5.74, 6) is -0.112. The van der Waals surface area contributed by atoms with Crippen LogP contribution in [0, 0.1) is 0 Å². The Hall–Kier alpha value is -1.36. The SMILES string of the molecule is CN(Cc1ccc(Cl)c(Cl)c1)C(=O)c1ccc(S(C)=O)cc1. The number of amides is 1. The first kappa shape index (κ1) is 17.0. The lowest BCUT2D eigenvalue weighted by Crippen LogP contribution is -2.26. The number of hydrogen-bond acceptors (Lipinski definition) is 2. The summed E-state index contributed by atoms with van der Waals surface area (Å²) in [7, 11) is 0.669. The number of benzene rings is 2. The molecule has 1 amide bonds. The van der Waals surface area contributed by atoms with Crippen LogP contribution in [-0.2, 0) is 17.3 Å². The highest BCUT2D eigenvalue weighted by Crippen LogP contribution is 2.23. The molecule has 0 saturated carbocycles. The molecule has 22 heavy (non-hydrogen) atoms. The standard InChI is InChI=1S/C16H15Cl2NO2S/c1-19(10-11-3-8-14(17)15(18)9-11)16(20)12-4-6-13(7-5-12)22(2)21/h3-9H,10H2,1-2H3. The summed E-state index contributed by atoms with van der Waals surface area (Å²) in [6, 6.07) is 12.1. The molecule has 6 heteroatoms. The van der Waals surface area contributed by atoms with Gasteiger partial charge in [-0.15, -0.1) is 0 Å². The first-order chi connectivity index (χ1) is 10.4. The maximum Gasteiger partial charge on any atom is 0.253 e. The van der Waals surface area contributed by atoms with E-state index in [-0.39, 0.29) is 5.91 Å². The molecule has 0 bridgehead atoms. The molecule has 0 saturated heterocycles. The van der Waals surface area contributed by atoms with Crippen molar-refractivity contribution in [2.45, 2.75) is 11.4 Å². The lowest BCUT2D eigenvalue weighted by molar-refractivity contribution is 0.0785. The van der Waals surface area contributed by atoms with E-state index in [1.54, 1.807) is 54.6 Å². The summed E-state index contributed by atoms with van der Waals surface area (Å²) in [5, 5.41) is 0.956. The number of carbonyl (C=O) groups excluding carboxylic acids is 1. The average Bonchev–Trinajstić information content (AvgIpc) is 2.50. The van der Waals surface area contributed by atoms with Crippen LogP contribution in [0.25, 0.3) is 0 Å². The Morgan fingerprint density at radius 2 is 1.73 bits per heavy atom. The molecule has 0 heterocycles. The van der Waals surface area contributed by atoms with Gasteiger partial charge >= 0.3 is 0 Å². The Kier molecular flexibility index (Phi) is 5.62. The largest absolute Gasteiger partial charge is 0.337 e. The zero-order valence-corrected chi connectivity index (χ0v) is 14.5. The minimum absolute atomic E-state index is 0.112. The Labute approximate surface area is 142 Å². The van der Waals surface area contributed by atoms with Gasteiger partial charge in [0, 0.05) is 41.1 Å². The van der Waals surface area contributed by atoms with Crippen molar-refractivity contribution in [1.82, 2.24) is 4.90 Å². The molecule has 0 aromatic heterocycles. The van der Waals surface area contributed by atoms with Gasteiger partial charge in [-0.1, -0.05) is 29.3 Å². The van der Waals surface area contributed by atoms with Crippen molar-refractivity contribution in [3.05, 3.63) is 63.6 Å². The highest BCUT2D eigenvalue weighted by molar-refractivity contribution is 7.84. The summed E-state index contributed by atoms with van der Waals surface area (Å²) in [6.07, 6.45) is 1.60. The smallest absolute Gasteiger partial charge is 0.253 e. The zero-order valence-electron chi connectivity index (χ0n) is 12.2. The summed E-state index contributed by atoms with van der Waals surface area (Å²) >= 11 is 11.9. The van der Waals surface area contributed by atoms with Gasteiger partial charge in [-0.3, -0.25) is 9.00 Å². The summed E-state index contributed by atoms with van der Waals surface area (Å²) in [4.78, 5) is 14.7. The molecule has 0 N–H and O–H groups in total. The molecule has 2 aromatic rings. The van der Waals surface area contributed by atoms with E-state index in [1.165, 1.54) is 0 Å². The van der Waals surface area contributed by atoms with Crippen LogP contribution in [0.3, 0.4) is 0 Å². The van der Waals surface area contributed by atoms with Crippen LogP contribution >= 0.6 is 23.2 Å². The van der Waals surface area contributed by atoms with Gasteiger partial charge in [-0.05, 0) is 42.0 Å². The van der Waals surface area contributed by atoms with Gasteiger partial charge in [-0.25, -0.2) is 0 Å². The molecule has 2 rings (SSSR count). The van der Waals surface area contributed by atoms with Crippen molar-refractivity contribution in [3.8, 4) is 0 Å². The van der Waals surface area contributed by atoms with E-state index >= 15 is 0 Å². The molecule has 0 fully saturated rings. The third kappa shape index (κ3) is 4.09. The molecular weight excluding hydrogens is 341 g/mol. The minimum atomic E-state index is -1.05. The normalized spacial score (nSPS) is 12.0. The molecule has 0 aliphatic heterocycles. The van der Waals surface area contributed by atoms with Crippen molar-refractivity contribution in [2.24, 2.45) is 0 Å². The molecule has 0 spiro atoms. The molecule has 1 unspecified atom stereocenters. The van der Waals surface area contributed by atoms with Gasteiger partial charge in [0.05, 0.1) is 10.0 Å². The second-order valence-electron chi connectivity index (χ2n) is 4.89. The molecule has 0 radical (unpaired) electrons. The second-order valence-corrected chi connectivity index (χ2v) is 7.08. The first-order valence-corrected chi connectivity index (χ1v) is 8.83. The Balaban J connectivity index is 2.11. The summed E-state index contributed by atoms with van der Waals surface area (Å²) in [6.45, 7) is 0.428. The number of rotatable bonds is 4. The maximum atomic E-state index is 12.4. The Morgan fingerprint density at radius 1 is 1.09 bits per heavy atom. The fourth-order valence-electron chi connectivity index (χ4n) is 1.99. The average molecular weight is 356 g/mol. The van der Waals surface area contributed by atoms with E-state index in [1.807, 2.05) is 6.07 Å². The molecule has 1 atom stereocenters. The molecule has 116 valence electrons. The lowest BCUT2D eigenvalue weighted by Gasteiger charge is -2.18.